The van der Waals surface area contributed by atoms with E-state index in [4.69, 9.17) is 5.11 Å². The number of rotatable bonds is 6. The second-order valence-electron chi connectivity index (χ2n) is 5.65. The zero-order valence-electron chi connectivity index (χ0n) is 13.1. The molecule has 1 aliphatic heterocycles. The molecule has 0 unspecified atom stereocenters. The molecule has 0 aliphatic carbocycles. The molecule has 0 aromatic carbocycles. The van der Waals surface area contributed by atoms with Crippen LogP contribution < -0.4 is 9.62 Å². The van der Waals surface area contributed by atoms with Crippen LogP contribution >= 0.6 is 0 Å². The van der Waals surface area contributed by atoms with Crippen molar-refractivity contribution in [3.05, 3.63) is 18.3 Å². The highest BCUT2D eigenvalue weighted by molar-refractivity contribution is 7.89. The van der Waals surface area contributed by atoms with Gasteiger partial charge in [0.15, 0.2) is 0 Å². The molecule has 1 aromatic rings. The van der Waals surface area contributed by atoms with E-state index >= 15 is 0 Å². The van der Waals surface area contributed by atoms with E-state index in [0.717, 1.165) is 13.1 Å². The first-order valence-electron chi connectivity index (χ1n) is 7.49. The lowest BCUT2D eigenvalue weighted by atomic mass is 10.3. The lowest BCUT2D eigenvalue weighted by Crippen LogP contribution is -2.48. The van der Waals surface area contributed by atoms with E-state index in [9.17, 15) is 8.42 Å². The lowest BCUT2D eigenvalue weighted by molar-refractivity contribution is 0.188. The zero-order chi connectivity index (χ0) is 16.2. The standard InChI is InChI=1S/C14H24N4O3S/c1-12(2)16-22(20,21)13-4-3-5-15-14(13)18-8-6-17(7-9-18)10-11-19/h3-5,12,16,19H,6-11H2,1-2H3. The summed E-state index contributed by atoms with van der Waals surface area (Å²) in [4.78, 5) is 8.65. The Balaban J connectivity index is 2.19. The molecule has 1 fully saturated rings. The van der Waals surface area contributed by atoms with Crippen LogP contribution in [0, 0.1) is 0 Å². The van der Waals surface area contributed by atoms with Crippen molar-refractivity contribution in [2.75, 3.05) is 44.2 Å². The highest BCUT2D eigenvalue weighted by Crippen LogP contribution is 2.23. The summed E-state index contributed by atoms with van der Waals surface area (Å²) in [5, 5.41) is 8.98. The van der Waals surface area contributed by atoms with Crippen molar-refractivity contribution in [3.8, 4) is 0 Å². The Morgan fingerprint density at radius 3 is 2.59 bits per heavy atom. The Morgan fingerprint density at radius 1 is 1.32 bits per heavy atom. The number of aromatic nitrogens is 1. The van der Waals surface area contributed by atoms with Gasteiger partial charge in [-0.15, -0.1) is 0 Å². The van der Waals surface area contributed by atoms with E-state index in [2.05, 4.69) is 14.6 Å². The van der Waals surface area contributed by atoms with Gasteiger partial charge < -0.3 is 10.0 Å². The van der Waals surface area contributed by atoms with Gasteiger partial charge in [-0.05, 0) is 26.0 Å². The van der Waals surface area contributed by atoms with Crippen LogP contribution in [-0.2, 0) is 10.0 Å². The third kappa shape index (κ3) is 4.16. The highest BCUT2D eigenvalue weighted by Gasteiger charge is 2.25. The SMILES string of the molecule is CC(C)NS(=O)(=O)c1cccnc1N1CCN(CCO)CC1. The smallest absolute Gasteiger partial charge is 0.244 e. The van der Waals surface area contributed by atoms with Crippen LogP contribution in [0.2, 0.25) is 0 Å². The average molecular weight is 328 g/mol. The van der Waals surface area contributed by atoms with Crippen molar-refractivity contribution in [2.45, 2.75) is 24.8 Å². The minimum atomic E-state index is -3.57. The molecule has 0 atom stereocenters. The van der Waals surface area contributed by atoms with Gasteiger partial charge in [0.25, 0.3) is 0 Å². The fraction of sp³-hybridized carbons (Fsp3) is 0.643. The molecule has 8 heteroatoms. The maximum atomic E-state index is 12.5. The summed E-state index contributed by atoms with van der Waals surface area (Å²) < 4.78 is 27.5. The van der Waals surface area contributed by atoms with Crippen molar-refractivity contribution >= 4 is 15.8 Å². The van der Waals surface area contributed by atoms with Crippen molar-refractivity contribution in [2.24, 2.45) is 0 Å². The Labute approximate surface area is 132 Å². The second kappa shape index (κ2) is 7.36. The molecule has 0 bridgehead atoms. The highest BCUT2D eigenvalue weighted by atomic mass is 32.2. The quantitative estimate of drug-likeness (QED) is 0.757. The van der Waals surface area contributed by atoms with Crippen LogP contribution in [0.25, 0.3) is 0 Å². The van der Waals surface area contributed by atoms with E-state index in [1.807, 2.05) is 4.90 Å². The maximum Gasteiger partial charge on any atom is 0.244 e. The number of hydrogen-bond acceptors (Lipinski definition) is 6. The molecule has 124 valence electrons. The summed E-state index contributed by atoms with van der Waals surface area (Å²) in [6.07, 6.45) is 1.61. The molecular formula is C14H24N4O3S. The molecule has 7 nitrogen and oxygen atoms in total. The number of aliphatic hydroxyl groups is 1. The van der Waals surface area contributed by atoms with Crippen LogP contribution in [0.3, 0.4) is 0 Å². The van der Waals surface area contributed by atoms with E-state index in [0.29, 0.717) is 25.5 Å². The second-order valence-corrected chi connectivity index (χ2v) is 7.34. The van der Waals surface area contributed by atoms with Crippen molar-refractivity contribution in [1.82, 2.24) is 14.6 Å². The number of sulfonamides is 1. The molecule has 0 amide bonds. The van der Waals surface area contributed by atoms with Crippen LogP contribution in [0.4, 0.5) is 5.82 Å². The lowest BCUT2D eigenvalue weighted by Gasteiger charge is -2.35. The minimum absolute atomic E-state index is 0.140. The molecule has 0 spiro atoms. The third-order valence-corrected chi connectivity index (χ3v) is 5.20. The fourth-order valence-corrected chi connectivity index (χ4v) is 3.96. The first kappa shape index (κ1) is 17.1. The molecule has 1 aliphatic rings. The van der Waals surface area contributed by atoms with Crippen molar-refractivity contribution in [1.29, 1.82) is 0 Å². The first-order chi connectivity index (χ1) is 10.4. The number of pyridine rings is 1. The van der Waals surface area contributed by atoms with Gasteiger partial charge in [0.05, 0.1) is 6.61 Å². The Hall–Kier alpha value is -1.22. The number of nitrogens with zero attached hydrogens (tertiary/aromatic N) is 3. The minimum Gasteiger partial charge on any atom is -0.395 e. The normalized spacial score (nSPS) is 17.2. The van der Waals surface area contributed by atoms with Gasteiger partial charge in [-0.25, -0.2) is 18.1 Å². The summed E-state index contributed by atoms with van der Waals surface area (Å²) in [5.74, 6) is 0.499. The van der Waals surface area contributed by atoms with Crippen molar-refractivity contribution < 1.29 is 13.5 Å². The maximum absolute atomic E-state index is 12.5. The molecule has 22 heavy (non-hydrogen) atoms. The predicted octanol–water partition coefficient (Wildman–Crippen LogP) is -0.117. The third-order valence-electron chi connectivity index (χ3n) is 3.52. The molecule has 1 saturated heterocycles. The van der Waals surface area contributed by atoms with E-state index < -0.39 is 10.0 Å². The van der Waals surface area contributed by atoms with Crippen molar-refractivity contribution in [3.63, 3.8) is 0 Å². The van der Waals surface area contributed by atoms with Gasteiger partial charge in [-0.2, -0.15) is 0 Å². The van der Waals surface area contributed by atoms with Gasteiger partial charge in [0, 0.05) is 45.0 Å². The molecule has 1 aromatic heterocycles. The van der Waals surface area contributed by atoms with Crippen LogP contribution in [0.15, 0.2) is 23.2 Å². The molecule has 0 radical (unpaired) electrons. The van der Waals surface area contributed by atoms with E-state index in [-0.39, 0.29) is 17.5 Å². The average Bonchev–Trinajstić information content (AvgIpc) is 2.47. The predicted molar refractivity (Wildman–Crippen MR) is 85.4 cm³/mol. The molecular weight excluding hydrogens is 304 g/mol. The molecule has 2 N–H and O–H groups in total. The topological polar surface area (TPSA) is 85.8 Å². The number of piperazine rings is 1. The van der Waals surface area contributed by atoms with Gasteiger partial charge >= 0.3 is 0 Å². The molecule has 2 rings (SSSR count). The summed E-state index contributed by atoms with van der Waals surface area (Å²) >= 11 is 0. The zero-order valence-corrected chi connectivity index (χ0v) is 13.9. The molecule has 2 heterocycles. The first-order valence-corrected chi connectivity index (χ1v) is 8.98. The number of β-amino-alcohol motifs (C(OH)–C–C–N with tert-alkyl or cyclic N) is 1. The summed E-state index contributed by atoms with van der Waals surface area (Å²) in [7, 11) is -3.57. The van der Waals surface area contributed by atoms with Gasteiger partial charge in [0.2, 0.25) is 10.0 Å². The van der Waals surface area contributed by atoms with Gasteiger partial charge in [0.1, 0.15) is 10.7 Å². The van der Waals surface area contributed by atoms with Gasteiger partial charge in [-0.1, -0.05) is 0 Å². The Kier molecular flexibility index (Phi) is 5.74. The molecule has 0 saturated carbocycles. The van der Waals surface area contributed by atoms with Crippen LogP contribution in [0.1, 0.15) is 13.8 Å². The summed E-state index contributed by atoms with van der Waals surface area (Å²) in [5.41, 5.74) is 0. The number of hydrogen-bond donors (Lipinski definition) is 2. The number of anilines is 1. The Bertz CT molecular complexity index is 584. The summed E-state index contributed by atoms with van der Waals surface area (Å²) in [6.45, 7) is 7.34. The van der Waals surface area contributed by atoms with Crippen LogP contribution in [0.5, 0.6) is 0 Å². The van der Waals surface area contributed by atoms with E-state index in [1.54, 1.807) is 32.2 Å². The number of aliphatic hydroxyl groups excluding tert-OH is 1. The van der Waals surface area contributed by atoms with E-state index in [1.165, 1.54) is 0 Å². The fourth-order valence-electron chi connectivity index (χ4n) is 2.53. The van der Waals surface area contributed by atoms with Gasteiger partial charge in [-0.3, -0.25) is 4.90 Å². The largest absolute Gasteiger partial charge is 0.395 e. The summed E-state index contributed by atoms with van der Waals surface area (Å²) in [6, 6.07) is 3.06. The monoisotopic (exact) mass is 328 g/mol. The number of nitrogens with one attached hydrogen (secondary N) is 1. The Morgan fingerprint density at radius 2 is 2.00 bits per heavy atom. The van der Waals surface area contributed by atoms with Crippen LogP contribution in [-0.4, -0.2) is 68.8 Å².